The highest BCUT2D eigenvalue weighted by Gasteiger charge is 2.36. The number of carbonyl (C=O) groups is 1. The van der Waals surface area contributed by atoms with Gasteiger partial charge in [-0.05, 0) is 36.4 Å². The Kier molecular flexibility index (Phi) is 4.60. The fourth-order valence-electron chi connectivity index (χ4n) is 3.41. The molecule has 0 spiro atoms. The number of hydrogen-bond acceptors (Lipinski definition) is 5. The number of ketones is 1. The van der Waals surface area contributed by atoms with Crippen LogP contribution in [0.15, 0.2) is 58.9 Å². The monoisotopic (exact) mass is 386 g/mol. The molecule has 134 valence electrons. The molecule has 0 amide bonds. The van der Waals surface area contributed by atoms with Crippen LogP contribution in [-0.2, 0) is 10.0 Å². The predicted octanol–water partition coefficient (Wildman–Crippen LogP) is 3.72. The molecule has 0 saturated carbocycles. The number of rotatable bonds is 5. The van der Waals surface area contributed by atoms with E-state index in [9.17, 15) is 13.2 Å². The molecule has 0 unspecified atom stereocenters. The molecule has 3 aromatic rings. The molecule has 3 heterocycles. The van der Waals surface area contributed by atoms with E-state index in [2.05, 4.69) is 4.98 Å². The molecule has 7 heteroatoms. The third kappa shape index (κ3) is 3.18. The zero-order chi connectivity index (χ0) is 18.1. The van der Waals surface area contributed by atoms with Gasteiger partial charge in [0, 0.05) is 30.6 Å². The van der Waals surface area contributed by atoms with E-state index in [1.54, 1.807) is 12.1 Å². The van der Waals surface area contributed by atoms with Gasteiger partial charge in [-0.2, -0.15) is 4.31 Å². The lowest BCUT2D eigenvalue weighted by molar-refractivity contribution is 0.0965. The minimum atomic E-state index is -3.67. The van der Waals surface area contributed by atoms with E-state index >= 15 is 0 Å². The van der Waals surface area contributed by atoms with Gasteiger partial charge in [0.2, 0.25) is 10.0 Å². The molecule has 26 heavy (non-hydrogen) atoms. The summed E-state index contributed by atoms with van der Waals surface area (Å²) in [6.07, 6.45) is 3.11. The Hall–Kier alpha value is -2.09. The first-order valence-corrected chi connectivity index (χ1v) is 10.8. The van der Waals surface area contributed by atoms with E-state index in [1.165, 1.54) is 21.8 Å². The second-order valence-corrected chi connectivity index (χ2v) is 9.22. The Bertz CT molecular complexity index is 1050. The van der Waals surface area contributed by atoms with Crippen LogP contribution in [0.4, 0.5) is 0 Å². The number of hydrogen-bond donors (Lipinski definition) is 0. The molecule has 4 rings (SSSR count). The average molecular weight is 386 g/mol. The second-order valence-electron chi connectivity index (χ2n) is 6.38. The topological polar surface area (TPSA) is 67.3 Å². The molecule has 0 N–H and O–H groups in total. The first-order chi connectivity index (χ1) is 12.6. The van der Waals surface area contributed by atoms with Crippen LogP contribution in [0.2, 0.25) is 0 Å². The lowest BCUT2D eigenvalue weighted by atomic mass is 10.1. The van der Waals surface area contributed by atoms with Crippen LogP contribution >= 0.6 is 11.3 Å². The minimum Gasteiger partial charge on any atom is -0.293 e. The van der Waals surface area contributed by atoms with Crippen molar-refractivity contribution in [1.29, 1.82) is 0 Å². The Labute approximate surface area is 156 Å². The summed E-state index contributed by atoms with van der Waals surface area (Å²) in [5, 5.41) is 2.65. The van der Waals surface area contributed by atoms with Crippen molar-refractivity contribution in [3.63, 3.8) is 0 Å². The van der Waals surface area contributed by atoms with Gasteiger partial charge in [-0.1, -0.05) is 24.3 Å². The second kappa shape index (κ2) is 6.90. The van der Waals surface area contributed by atoms with Crippen LogP contribution in [0, 0.1) is 0 Å². The highest BCUT2D eigenvalue weighted by atomic mass is 32.2. The third-order valence-electron chi connectivity index (χ3n) is 4.71. The highest BCUT2D eigenvalue weighted by Crippen LogP contribution is 2.30. The molecule has 2 aromatic heterocycles. The maximum atomic E-state index is 13.1. The summed E-state index contributed by atoms with van der Waals surface area (Å²) in [5.41, 5.74) is 0.761. The summed E-state index contributed by atoms with van der Waals surface area (Å²) in [5.74, 6) is 0.00346. The lowest BCUT2D eigenvalue weighted by Gasteiger charge is -2.23. The van der Waals surface area contributed by atoms with Crippen LogP contribution in [0.5, 0.6) is 0 Å². The number of thiophene rings is 1. The van der Waals surface area contributed by atoms with Gasteiger partial charge in [-0.15, -0.1) is 11.3 Å². The summed E-state index contributed by atoms with van der Waals surface area (Å²) in [7, 11) is -3.67. The quantitative estimate of drug-likeness (QED) is 0.627. The van der Waals surface area contributed by atoms with E-state index in [1.807, 2.05) is 35.7 Å². The first kappa shape index (κ1) is 17.3. The van der Waals surface area contributed by atoms with Gasteiger partial charge in [-0.25, -0.2) is 8.42 Å². The molecule has 1 atom stereocenters. The molecule has 0 aliphatic carbocycles. The van der Waals surface area contributed by atoms with Crippen molar-refractivity contribution in [2.75, 3.05) is 6.54 Å². The van der Waals surface area contributed by atoms with Crippen molar-refractivity contribution in [2.45, 2.75) is 30.2 Å². The van der Waals surface area contributed by atoms with Gasteiger partial charge in [0.1, 0.15) is 4.90 Å². The van der Waals surface area contributed by atoms with Crippen LogP contribution in [0.25, 0.3) is 10.9 Å². The van der Waals surface area contributed by atoms with E-state index in [0.717, 1.165) is 17.3 Å². The van der Waals surface area contributed by atoms with Crippen molar-refractivity contribution in [1.82, 2.24) is 9.29 Å². The van der Waals surface area contributed by atoms with Crippen molar-refractivity contribution in [2.24, 2.45) is 0 Å². The summed E-state index contributed by atoms with van der Waals surface area (Å²) in [4.78, 5) is 17.6. The van der Waals surface area contributed by atoms with Crippen LogP contribution in [0.3, 0.4) is 0 Å². The zero-order valence-corrected chi connectivity index (χ0v) is 15.7. The average Bonchev–Trinajstić information content (AvgIpc) is 3.33. The summed E-state index contributed by atoms with van der Waals surface area (Å²) < 4.78 is 27.7. The van der Waals surface area contributed by atoms with Crippen molar-refractivity contribution in [3.05, 3.63) is 58.9 Å². The minimum absolute atomic E-state index is 0.00346. The molecule has 5 nitrogen and oxygen atoms in total. The molecule has 1 saturated heterocycles. The number of para-hydroxylation sites is 1. The Balaban J connectivity index is 1.62. The highest BCUT2D eigenvalue weighted by molar-refractivity contribution is 7.89. The number of Topliss-reactive ketones (excluding diaryl/α,β-unsaturated/α-hetero) is 1. The van der Waals surface area contributed by atoms with E-state index in [4.69, 9.17) is 0 Å². The Morgan fingerprint density at radius 3 is 2.88 bits per heavy atom. The summed E-state index contributed by atoms with van der Waals surface area (Å²) in [6.45, 7) is 0.442. The number of nitrogens with zero attached hydrogens (tertiary/aromatic N) is 2. The SMILES string of the molecule is O=C(C[C@@H]1CCCN1S(=O)(=O)c1cnc2ccccc2c1)c1cccs1. The number of aromatic nitrogens is 1. The molecule has 1 aliphatic rings. The van der Waals surface area contributed by atoms with Gasteiger partial charge in [0.25, 0.3) is 0 Å². The predicted molar refractivity (Wildman–Crippen MR) is 102 cm³/mol. The van der Waals surface area contributed by atoms with Crippen LogP contribution < -0.4 is 0 Å². The summed E-state index contributed by atoms with van der Waals surface area (Å²) >= 11 is 1.39. The molecule has 1 fully saturated rings. The van der Waals surface area contributed by atoms with E-state index in [-0.39, 0.29) is 23.1 Å². The maximum absolute atomic E-state index is 13.1. The van der Waals surface area contributed by atoms with Crippen LogP contribution in [0.1, 0.15) is 28.9 Å². The largest absolute Gasteiger partial charge is 0.293 e. The molecule has 0 radical (unpaired) electrons. The lowest BCUT2D eigenvalue weighted by Crippen LogP contribution is -2.36. The van der Waals surface area contributed by atoms with Gasteiger partial charge in [-0.3, -0.25) is 9.78 Å². The zero-order valence-electron chi connectivity index (χ0n) is 14.0. The number of benzene rings is 1. The van der Waals surface area contributed by atoms with Gasteiger partial charge < -0.3 is 0 Å². The van der Waals surface area contributed by atoms with Gasteiger partial charge in [0.15, 0.2) is 5.78 Å². The molecular weight excluding hydrogens is 368 g/mol. The fraction of sp³-hybridized carbons (Fsp3) is 0.263. The molecule has 0 bridgehead atoms. The maximum Gasteiger partial charge on any atom is 0.244 e. The van der Waals surface area contributed by atoms with Gasteiger partial charge in [0.05, 0.1) is 10.4 Å². The standard InChI is InChI=1S/C19H18N2O3S2/c22-18(19-8-4-10-25-19)12-15-6-3-9-21(15)26(23,24)16-11-14-5-1-2-7-17(14)20-13-16/h1-2,4-5,7-8,10-11,13,15H,3,6,9,12H2/t15-/m0/s1. The van der Waals surface area contributed by atoms with Gasteiger partial charge >= 0.3 is 0 Å². The van der Waals surface area contributed by atoms with Crippen molar-refractivity contribution >= 4 is 38.0 Å². The molecule has 1 aliphatic heterocycles. The normalized spacial score (nSPS) is 18.4. The molecule has 1 aromatic carbocycles. The molecular formula is C19H18N2O3S2. The Morgan fingerprint density at radius 1 is 1.23 bits per heavy atom. The number of fused-ring (bicyclic) bond motifs is 1. The number of carbonyl (C=O) groups excluding carboxylic acids is 1. The summed E-state index contributed by atoms with van der Waals surface area (Å²) in [6, 6.07) is 12.4. The Morgan fingerprint density at radius 2 is 2.08 bits per heavy atom. The fourth-order valence-corrected chi connectivity index (χ4v) is 5.76. The van der Waals surface area contributed by atoms with Crippen molar-refractivity contribution in [3.8, 4) is 0 Å². The number of sulfonamides is 1. The third-order valence-corrected chi connectivity index (χ3v) is 7.54. The van der Waals surface area contributed by atoms with E-state index < -0.39 is 10.0 Å². The number of pyridine rings is 1. The smallest absolute Gasteiger partial charge is 0.244 e. The van der Waals surface area contributed by atoms with E-state index in [0.29, 0.717) is 17.8 Å². The first-order valence-electron chi connectivity index (χ1n) is 8.49. The van der Waals surface area contributed by atoms with Crippen LogP contribution in [-0.4, -0.2) is 36.1 Å². The van der Waals surface area contributed by atoms with Crippen molar-refractivity contribution < 1.29 is 13.2 Å².